The largest absolute Gasteiger partial charge is 0.356 e. The van der Waals surface area contributed by atoms with E-state index in [1.165, 1.54) is 11.3 Å². The molecule has 2 aromatic carbocycles. The van der Waals surface area contributed by atoms with Crippen LogP contribution in [0.2, 0.25) is 0 Å². The maximum Gasteiger partial charge on any atom is 0.243 e. The number of thiazole rings is 1. The average molecular weight is 628 g/mol. The number of nitrogens with zero attached hydrogens (tertiary/aromatic N) is 3. The number of carbonyl (C=O) groups excluding carboxylic acids is 5. The molecule has 4 amide bonds. The quantitative estimate of drug-likeness (QED) is 0.351. The van der Waals surface area contributed by atoms with Gasteiger partial charge in [-0.2, -0.15) is 0 Å². The van der Waals surface area contributed by atoms with E-state index >= 15 is 0 Å². The molecule has 3 aliphatic heterocycles. The van der Waals surface area contributed by atoms with E-state index in [4.69, 9.17) is 0 Å². The van der Waals surface area contributed by atoms with Crippen molar-refractivity contribution in [2.45, 2.75) is 51.7 Å². The Morgan fingerprint density at radius 3 is 2.56 bits per heavy atom. The minimum Gasteiger partial charge on any atom is -0.356 e. The lowest BCUT2D eigenvalue weighted by Gasteiger charge is -2.33. The van der Waals surface area contributed by atoms with Crippen LogP contribution in [0.25, 0.3) is 10.2 Å². The predicted molar refractivity (Wildman–Crippen MR) is 168 cm³/mol. The molecular formula is C34H37N5O5S. The van der Waals surface area contributed by atoms with Crippen molar-refractivity contribution in [3.63, 3.8) is 0 Å². The maximum atomic E-state index is 14.2. The molecule has 0 radical (unpaired) electrons. The fourth-order valence-electron chi connectivity index (χ4n) is 7.71. The third-order valence-corrected chi connectivity index (χ3v) is 11.4. The van der Waals surface area contributed by atoms with Crippen molar-refractivity contribution in [3.8, 4) is 0 Å². The van der Waals surface area contributed by atoms with Gasteiger partial charge in [0.2, 0.25) is 29.4 Å². The number of carbonyl (C=O) groups is 5. The van der Waals surface area contributed by atoms with Crippen LogP contribution in [-0.4, -0.2) is 75.9 Å². The van der Waals surface area contributed by atoms with Crippen LogP contribution in [0.1, 0.15) is 48.5 Å². The topological polar surface area (TPSA) is 129 Å². The summed E-state index contributed by atoms with van der Waals surface area (Å²) >= 11 is 1.27. The smallest absolute Gasteiger partial charge is 0.243 e. The van der Waals surface area contributed by atoms with Gasteiger partial charge in [0.1, 0.15) is 6.04 Å². The highest BCUT2D eigenvalue weighted by Gasteiger charge is 2.69. The molecule has 1 aromatic heterocycles. The number of fused-ring (bicyclic) bond motifs is 2. The first-order chi connectivity index (χ1) is 21.6. The molecule has 1 aliphatic carbocycles. The number of hydrogen-bond acceptors (Lipinski definition) is 7. The fraction of sp³-hybridized carbons (Fsp3) is 0.471. The molecule has 10 nitrogen and oxygen atoms in total. The van der Waals surface area contributed by atoms with Gasteiger partial charge < -0.3 is 20.4 Å². The van der Waals surface area contributed by atoms with E-state index in [0.717, 1.165) is 10.3 Å². The average Bonchev–Trinajstić information content (AvgIpc) is 3.65. The monoisotopic (exact) mass is 627 g/mol. The Morgan fingerprint density at radius 2 is 1.82 bits per heavy atom. The van der Waals surface area contributed by atoms with Gasteiger partial charge in [-0.1, -0.05) is 56.3 Å². The second kappa shape index (κ2) is 11.3. The molecule has 4 heterocycles. The Bertz CT molecular complexity index is 1660. The lowest BCUT2D eigenvalue weighted by atomic mass is 9.94. The van der Waals surface area contributed by atoms with Gasteiger partial charge in [-0.3, -0.25) is 24.0 Å². The summed E-state index contributed by atoms with van der Waals surface area (Å²) in [4.78, 5) is 75.4. The van der Waals surface area contributed by atoms with E-state index in [1.807, 2.05) is 54.6 Å². The van der Waals surface area contributed by atoms with Crippen LogP contribution in [0, 0.1) is 29.1 Å². The molecule has 234 valence electrons. The van der Waals surface area contributed by atoms with Crippen molar-refractivity contribution in [2.24, 2.45) is 29.1 Å². The Hall–Kier alpha value is -4.12. The standard InChI is InChI=1S/C34H37N5O5S/c1-34(2)22-18-39(33(44)21-15-26(40)38(17-21)16-19-8-4-3-5-9-19)28(27(22)34)31(43)36-24(14-20-12-13-35-30(20)42)29(41)32-37-23-10-6-7-11-25(23)45-32/h3-11,20-22,24,27-28H,12-18H2,1-2H3,(H,35,42)(H,36,43)/t20-,21+,22-,24?,27-,28-/m0/s1. The zero-order valence-electron chi connectivity index (χ0n) is 25.4. The Kier molecular flexibility index (Phi) is 7.46. The number of para-hydroxylation sites is 1. The van der Waals surface area contributed by atoms with E-state index in [0.29, 0.717) is 38.1 Å². The van der Waals surface area contributed by atoms with E-state index in [-0.39, 0.29) is 64.5 Å². The van der Waals surface area contributed by atoms with Crippen molar-refractivity contribution < 1.29 is 24.0 Å². The summed E-state index contributed by atoms with van der Waals surface area (Å²) in [6.45, 7) is 5.94. The lowest BCUT2D eigenvalue weighted by molar-refractivity contribution is -0.143. The van der Waals surface area contributed by atoms with Crippen molar-refractivity contribution in [2.75, 3.05) is 19.6 Å². The summed E-state index contributed by atoms with van der Waals surface area (Å²) in [7, 11) is 0. The molecule has 11 heteroatoms. The molecule has 3 aromatic rings. The number of rotatable bonds is 9. The van der Waals surface area contributed by atoms with E-state index in [2.05, 4.69) is 29.5 Å². The van der Waals surface area contributed by atoms with Crippen LogP contribution >= 0.6 is 11.3 Å². The summed E-state index contributed by atoms with van der Waals surface area (Å²) in [5.74, 6) is -1.92. The number of likely N-dealkylation sites (tertiary alicyclic amines) is 2. The van der Waals surface area contributed by atoms with Crippen LogP contribution in [0.15, 0.2) is 54.6 Å². The Labute approximate surface area is 265 Å². The van der Waals surface area contributed by atoms with Crippen molar-refractivity contribution in [3.05, 3.63) is 65.2 Å². The van der Waals surface area contributed by atoms with Crippen LogP contribution in [-0.2, 0) is 25.7 Å². The Morgan fingerprint density at radius 1 is 1.07 bits per heavy atom. The number of aromatic nitrogens is 1. The summed E-state index contributed by atoms with van der Waals surface area (Å²) in [5, 5.41) is 6.10. The van der Waals surface area contributed by atoms with Crippen molar-refractivity contribution in [1.82, 2.24) is 25.4 Å². The van der Waals surface area contributed by atoms with Crippen molar-refractivity contribution in [1.29, 1.82) is 0 Å². The molecule has 4 aliphatic rings. The second-order valence-corrected chi connectivity index (χ2v) is 14.5. The molecule has 3 saturated heterocycles. The van der Waals surface area contributed by atoms with Gasteiger partial charge >= 0.3 is 0 Å². The van der Waals surface area contributed by atoms with Gasteiger partial charge in [0.25, 0.3) is 0 Å². The third kappa shape index (κ3) is 5.41. The van der Waals surface area contributed by atoms with Gasteiger partial charge in [-0.05, 0) is 47.8 Å². The van der Waals surface area contributed by atoms with E-state index in [9.17, 15) is 24.0 Å². The van der Waals surface area contributed by atoms with Crippen LogP contribution < -0.4 is 10.6 Å². The second-order valence-electron chi connectivity index (χ2n) is 13.5. The number of hydrogen-bond donors (Lipinski definition) is 2. The van der Waals surface area contributed by atoms with Crippen LogP contribution in [0.3, 0.4) is 0 Å². The van der Waals surface area contributed by atoms with Gasteiger partial charge in [0.05, 0.1) is 22.2 Å². The van der Waals surface area contributed by atoms with E-state index < -0.39 is 23.9 Å². The molecule has 6 atom stereocenters. The van der Waals surface area contributed by atoms with Gasteiger partial charge in [0, 0.05) is 38.5 Å². The number of amides is 4. The molecular weight excluding hydrogens is 590 g/mol. The number of ketones is 1. The number of Topliss-reactive ketones (excluding diaryl/α,β-unsaturated/α-hetero) is 1. The molecule has 4 fully saturated rings. The molecule has 7 rings (SSSR count). The first kappa shape index (κ1) is 29.6. The summed E-state index contributed by atoms with van der Waals surface area (Å²) in [5.41, 5.74) is 1.58. The van der Waals surface area contributed by atoms with Gasteiger partial charge in [0.15, 0.2) is 5.01 Å². The molecule has 2 N–H and O–H groups in total. The first-order valence-corrected chi connectivity index (χ1v) is 16.5. The van der Waals surface area contributed by atoms with Crippen LogP contribution in [0.4, 0.5) is 0 Å². The molecule has 0 spiro atoms. The van der Waals surface area contributed by atoms with Gasteiger partial charge in [-0.25, -0.2) is 4.98 Å². The first-order valence-electron chi connectivity index (χ1n) is 15.7. The highest BCUT2D eigenvalue weighted by atomic mass is 32.1. The molecule has 1 saturated carbocycles. The molecule has 0 bridgehead atoms. The minimum absolute atomic E-state index is 0.0491. The fourth-order valence-corrected chi connectivity index (χ4v) is 8.67. The number of benzene rings is 2. The number of piperidine rings is 1. The summed E-state index contributed by atoms with van der Waals surface area (Å²) in [6.07, 6.45) is 0.861. The predicted octanol–water partition coefficient (Wildman–Crippen LogP) is 3.02. The molecule has 45 heavy (non-hydrogen) atoms. The lowest BCUT2D eigenvalue weighted by Crippen LogP contribution is -2.55. The summed E-state index contributed by atoms with van der Waals surface area (Å²) in [6, 6.07) is 15.5. The SMILES string of the molecule is CC1(C)[C@@H]2[C@@H](C(=O)NC(C[C@@H]3CCNC3=O)C(=O)c3nc4ccccc4s3)N(C(=O)[C@@H]3CC(=O)N(Cc4ccccc4)C3)C[C@@H]21. The van der Waals surface area contributed by atoms with Gasteiger partial charge in [-0.15, -0.1) is 11.3 Å². The third-order valence-electron chi connectivity index (χ3n) is 10.4. The van der Waals surface area contributed by atoms with Crippen LogP contribution in [0.5, 0.6) is 0 Å². The van der Waals surface area contributed by atoms with Crippen molar-refractivity contribution >= 4 is 51.0 Å². The normalized spacial score (nSPS) is 27.4. The zero-order valence-corrected chi connectivity index (χ0v) is 26.2. The maximum absolute atomic E-state index is 14.2. The zero-order chi connectivity index (χ0) is 31.5. The minimum atomic E-state index is -0.959. The highest BCUT2D eigenvalue weighted by Crippen LogP contribution is 2.65. The Balaban J connectivity index is 1.11. The molecule has 1 unspecified atom stereocenters. The summed E-state index contributed by atoms with van der Waals surface area (Å²) < 4.78 is 0.868. The van der Waals surface area contributed by atoms with E-state index in [1.54, 1.807) is 9.80 Å². The highest BCUT2D eigenvalue weighted by molar-refractivity contribution is 7.20. The number of nitrogens with one attached hydrogen (secondary N) is 2.